The van der Waals surface area contributed by atoms with Crippen molar-refractivity contribution < 1.29 is 19.8 Å². The predicted molar refractivity (Wildman–Crippen MR) is 66.5 cm³/mol. The highest BCUT2D eigenvalue weighted by molar-refractivity contribution is 5.82. The van der Waals surface area contributed by atoms with E-state index in [0.717, 1.165) is 6.54 Å². The second-order valence-electron chi connectivity index (χ2n) is 3.96. The molecule has 1 atom stereocenters. The van der Waals surface area contributed by atoms with E-state index >= 15 is 0 Å². The summed E-state index contributed by atoms with van der Waals surface area (Å²) in [4.78, 5) is 26.0. The third-order valence-electron chi connectivity index (χ3n) is 2.46. The molecule has 0 aliphatic rings. The van der Waals surface area contributed by atoms with Crippen LogP contribution in [0, 0.1) is 0 Å². The van der Waals surface area contributed by atoms with Crippen LogP contribution in [0.15, 0.2) is 18.7 Å². The molecule has 8 nitrogen and oxygen atoms in total. The second-order valence-corrected chi connectivity index (χ2v) is 3.96. The lowest BCUT2D eigenvalue weighted by Gasteiger charge is -2.13. The van der Waals surface area contributed by atoms with Crippen molar-refractivity contribution in [3.05, 3.63) is 18.7 Å². The van der Waals surface area contributed by atoms with Crippen molar-refractivity contribution in [3.63, 3.8) is 0 Å². The number of carboxylic acids is 1. The summed E-state index contributed by atoms with van der Waals surface area (Å²) in [5.41, 5.74) is 0. The van der Waals surface area contributed by atoms with E-state index in [-0.39, 0.29) is 13.0 Å². The zero-order valence-corrected chi connectivity index (χ0v) is 10.5. The molecule has 1 aromatic rings. The van der Waals surface area contributed by atoms with Crippen LogP contribution < -0.4 is 10.6 Å². The molecule has 0 aliphatic carbocycles. The van der Waals surface area contributed by atoms with Crippen LogP contribution in [0.2, 0.25) is 0 Å². The van der Waals surface area contributed by atoms with Gasteiger partial charge in [-0.15, -0.1) is 0 Å². The van der Waals surface area contributed by atoms with Gasteiger partial charge in [-0.2, -0.15) is 0 Å². The van der Waals surface area contributed by atoms with E-state index in [1.54, 1.807) is 12.5 Å². The Morgan fingerprint density at radius 2 is 2.21 bits per heavy atom. The van der Waals surface area contributed by atoms with Gasteiger partial charge in [-0.1, -0.05) is 0 Å². The Balaban J connectivity index is 2.17. The molecule has 0 aromatic carbocycles. The van der Waals surface area contributed by atoms with Crippen LogP contribution in [0.25, 0.3) is 0 Å². The second kappa shape index (κ2) is 8.09. The lowest BCUT2D eigenvalue weighted by Crippen LogP contribution is -2.46. The van der Waals surface area contributed by atoms with Crippen molar-refractivity contribution in [1.82, 2.24) is 20.2 Å². The first-order valence-corrected chi connectivity index (χ1v) is 5.97. The van der Waals surface area contributed by atoms with Gasteiger partial charge < -0.3 is 25.4 Å². The summed E-state index contributed by atoms with van der Waals surface area (Å²) in [5.74, 6) is -1.16. The van der Waals surface area contributed by atoms with E-state index in [1.807, 2.05) is 10.8 Å². The van der Waals surface area contributed by atoms with Crippen molar-refractivity contribution in [2.24, 2.45) is 0 Å². The number of aryl methyl sites for hydroxylation is 1. The highest BCUT2D eigenvalue weighted by atomic mass is 16.4. The van der Waals surface area contributed by atoms with Gasteiger partial charge in [-0.3, -0.25) is 0 Å². The van der Waals surface area contributed by atoms with E-state index < -0.39 is 18.0 Å². The number of hydrogen-bond acceptors (Lipinski definition) is 4. The molecule has 0 bridgehead atoms. The standard InChI is InChI=1S/C11H18N4O4/c16-7-2-9(10(17)18)14-11(19)13-3-1-5-15-6-4-12-8-15/h4,6,8-9,16H,1-3,5,7H2,(H,17,18)(H2,13,14,19)/t9-/m0/s1. The molecule has 4 N–H and O–H groups in total. The maximum Gasteiger partial charge on any atom is 0.326 e. The molecule has 0 fully saturated rings. The number of carbonyl (C=O) groups is 2. The largest absolute Gasteiger partial charge is 0.480 e. The highest BCUT2D eigenvalue weighted by Crippen LogP contribution is 1.92. The fourth-order valence-electron chi connectivity index (χ4n) is 1.48. The van der Waals surface area contributed by atoms with Crippen LogP contribution in [0.5, 0.6) is 0 Å². The summed E-state index contributed by atoms with van der Waals surface area (Å²) in [7, 11) is 0. The smallest absolute Gasteiger partial charge is 0.326 e. The van der Waals surface area contributed by atoms with Gasteiger partial charge in [0.25, 0.3) is 0 Å². The molecule has 1 heterocycles. The predicted octanol–water partition coefficient (Wildman–Crippen LogP) is -0.592. The lowest BCUT2D eigenvalue weighted by molar-refractivity contribution is -0.139. The SMILES string of the molecule is O=C(NCCCn1ccnc1)N[C@@H](CCO)C(=O)O. The van der Waals surface area contributed by atoms with Gasteiger partial charge in [-0.05, 0) is 6.42 Å². The Morgan fingerprint density at radius 1 is 1.42 bits per heavy atom. The minimum atomic E-state index is -1.16. The number of aromatic nitrogens is 2. The summed E-state index contributed by atoms with van der Waals surface area (Å²) >= 11 is 0. The molecule has 0 spiro atoms. The van der Waals surface area contributed by atoms with Gasteiger partial charge in [0.05, 0.1) is 6.33 Å². The molecular weight excluding hydrogens is 252 g/mol. The van der Waals surface area contributed by atoms with Gasteiger partial charge in [0.2, 0.25) is 0 Å². The van der Waals surface area contributed by atoms with E-state index in [9.17, 15) is 9.59 Å². The first-order valence-electron chi connectivity index (χ1n) is 5.97. The van der Waals surface area contributed by atoms with Gasteiger partial charge >= 0.3 is 12.0 Å². The maximum atomic E-state index is 11.4. The Labute approximate surface area is 110 Å². The number of aliphatic hydroxyl groups is 1. The van der Waals surface area contributed by atoms with E-state index in [4.69, 9.17) is 10.2 Å². The number of hydrogen-bond donors (Lipinski definition) is 4. The molecule has 2 amide bonds. The topological polar surface area (TPSA) is 116 Å². The minimum absolute atomic E-state index is 0.0161. The number of aliphatic hydroxyl groups excluding tert-OH is 1. The van der Waals surface area contributed by atoms with Crippen LogP contribution in [-0.2, 0) is 11.3 Å². The minimum Gasteiger partial charge on any atom is -0.480 e. The number of imidazole rings is 1. The third-order valence-corrected chi connectivity index (χ3v) is 2.46. The third kappa shape index (κ3) is 5.87. The zero-order chi connectivity index (χ0) is 14.1. The number of carbonyl (C=O) groups excluding carboxylic acids is 1. The van der Waals surface area contributed by atoms with Gasteiger partial charge in [-0.25, -0.2) is 14.6 Å². The number of amides is 2. The number of urea groups is 1. The average Bonchev–Trinajstić information content (AvgIpc) is 2.87. The molecule has 8 heteroatoms. The molecular formula is C11H18N4O4. The quantitative estimate of drug-likeness (QED) is 0.471. The van der Waals surface area contributed by atoms with Gasteiger partial charge in [0, 0.05) is 38.5 Å². The molecule has 0 unspecified atom stereocenters. The fourth-order valence-corrected chi connectivity index (χ4v) is 1.48. The Morgan fingerprint density at radius 3 is 2.79 bits per heavy atom. The first-order chi connectivity index (χ1) is 9.13. The molecule has 0 radical (unpaired) electrons. The van der Waals surface area contributed by atoms with Gasteiger partial charge in [0.1, 0.15) is 6.04 Å². The van der Waals surface area contributed by atoms with Crippen molar-refractivity contribution in [2.75, 3.05) is 13.2 Å². The summed E-state index contributed by atoms with van der Waals surface area (Å²) in [5, 5.41) is 22.3. The summed E-state index contributed by atoms with van der Waals surface area (Å²) in [6.07, 6.45) is 5.87. The first kappa shape index (κ1) is 15.0. The normalized spacial score (nSPS) is 11.8. The van der Waals surface area contributed by atoms with Crippen LogP contribution in [0.3, 0.4) is 0 Å². The number of rotatable bonds is 8. The number of aliphatic carboxylic acids is 1. The average molecular weight is 270 g/mol. The molecule has 1 rings (SSSR count). The summed E-state index contributed by atoms with van der Waals surface area (Å²) in [6.45, 7) is 0.854. The molecule has 1 aromatic heterocycles. The monoisotopic (exact) mass is 270 g/mol. The molecule has 0 saturated heterocycles. The molecule has 106 valence electrons. The van der Waals surface area contributed by atoms with E-state index in [2.05, 4.69) is 15.6 Å². The van der Waals surface area contributed by atoms with Crippen molar-refractivity contribution >= 4 is 12.0 Å². The number of carboxylic acid groups (broad SMARTS) is 1. The summed E-state index contributed by atoms with van der Waals surface area (Å²) < 4.78 is 1.88. The zero-order valence-electron chi connectivity index (χ0n) is 10.5. The van der Waals surface area contributed by atoms with Crippen LogP contribution in [0.4, 0.5) is 4.79 Å². The Hall–Kier alpha value is -2.09. The Bertz CT molecular complexity index is 393. The van der Waals surface area contributed by atoms with E-state index in [1.165, 1.54) is 0 Å². The summed E-state index contributed by atoms with van der Waals surface area (Å²) in [6, 6.07) is -1.62. The number of nitrogens with zero attached hydrogens (tertiary/aromatic N) is 2. The van der Waals surface area contributed by atoms with Crippen molar-refractivity contribution in [1.29, 1.82) is 0 Å². The van der Waals surface area contributed by atoms with Crippen LogP contribution in [0.1, 0.15) is 12.8 Å². The van der Waals surface area contributed by atoms with E-state index in [0.29, 0.717) is 13.0 Å². The van der Waals surface area contributed by atoms with Crippen molar-refractivity contribution in [2.45, 2.75) is 25.4 Å². The lowest BCUT2D eigenvalue weighted by atomic mass is 10.2. The van der Waals surface area contributed by atoms with Crippen molar-refractivity contribution in [3.8, 4) is 0 Å². The number of nitrogens with one attached hydrogen (secondary N) is 2. The maximum absolute atomic E-state index is 11.4. The Kier molecular flexibility index (Phi) is 6.37. The molecule has 19 heavy (non-hydrogen) atoms. The van der Waals surface area contributed by atoms with Gasteiger partial charge in [0.15, 0.2) is 0 Å². The molecule has 0 saturated carbocycles. The highest BCUT2D eigenvalue weighted by Gasteiger charge is 2.18. The van der Waals surface area contributed by atoms with Crippen LogP contribution in [-0.4, -0.2) is 51.0 Å². The van der Waals surface area contributed by atoms with Crippen LogP contribution >= 0.6 is 0 Å². The molecule has 0 aliphatic heterocycles. The fraction of sp³-hybridized carbons (Fsp3) is 0.545.